The molecule has 1 atom stereocenters. The highest BCUT2D eigenvalue weighted by Gasteiger charge is 2.28. The Morgan fingerprint density at radius 3 is 2.22 bits per heavy atom. The highest BCUT2D eigenvalue weighted by Crippen LogP contribution is 2.23. The Morgan fingerprint density at radius 1 is 1.22 bits per heavy atom. The maximum absolute atomic E-state index is 12.3. The third kappa shape index (κ3) is 3.56. The van der Waals surface area contributed by atoms with Crippen LogP contribution in [0.25, 0.3) is 0 Å². The van der Waals surface area contributed by atoms with Gasteiger partial charge in [-0.05, 0) is 30.9 Å². The number of rotatable bonds is 3. The molecule has 1 rings (SSSR count). The molecule has 0 aliphatic heterocycles. The number of hydrogen-bond donors (Lipinski definition) is 1. The minimum absolute atomic E-state index is 0.0135. The van der Waals surface area contributed by atoms with Crippen LogP contribution in [0.3, 0.4) is 0 Å². The van der Waals surface area contributed by atoms with Gasteiger partial charge in [0.05, 0.1) is 10.6 Å². The fraction of sp³-hybridized carbons (Fsp3) is 0.571. The van der Waals surface area contributed by atoms with Gasteiger partial charge in [0.25, 0.3) is 0 Å². The van der Waals surface area contributed by atoms with E-state index in [-0.39, 0.29) is 17.2 Å². The first-order valence-electron chi connectivity index (χ1n) is 6.09. The third-order valence-corrected chi connectivity index (χ3v) is 5.10. The molecular formula is C14H23NO2S. The van der Waals surface area contributed by atoms with E-state index in [0.717, 1.165) is 11.1 Å². The van der Waals surface area contributed by atoms with Gasteiger partial charge < -0.3 is 5.73 Å². The molecule has 0 aliphatic rings. The molecule has 1 aromatic carbocycles. The molecule has 1 aromatic rings. The molecule has 0 saturated carbocycles. The van der Waals surface area contributed by atoms with Crippen molar-refractivity contribution in [2.24, 2.45) is 11.1 Å². The molecule has 0 radical (unpaired) electrons. The lowest BCUT2D eigenvalue weighted by Gasteiger charge is -2.27. The van der Waals surface area contributed by atoms with E-state index < -0.39 is 9.84 Å². The van der Waals surface area contributed by atoms with Crippen LogP contribution >= 0.6 is 0 Å². The Labute approximate surface area is 110 Å². The second-order valence-electron chi connectivity index (χ2n) is 6.02. The van der Waals surface area contributed by atoms with E-state index in [1.165, 1.54) is 0 Å². The van der Waals surface area contributed by atoms with Crippen molar-refractivity contribution in [1.29, 1.82) is 0 Å². The molecule has 0 heterocycles. The zero-order valence-electron chi connectivity index (χ0n) is 11.8. The lowest BCUT2D eigenvalue weighted by Crippen LogP contribution is -2.41. The second kappa shape index (κ2) is 5.02. The van der Waals surface area contributed by atoms with Gasteiger partial charge in [-0.15, -0.1) is 0 Å². The van der Waals surface area contributed by atoms with Crippen molar-refractivity contribution in [3.63, 3.8) is 0 Å². The van der Waals surface area contributed by atoms with Crippen molar-refractivity contribution in [3.05, 3.63) is 29.3 Å². The van der Waals surface area contributed by atoms with Crippen LogP contribution in [0.1, 0.15) is 31.9 Å². The summed E-state index contributed by atoms with van der Waals surface area (Å²) in [5.74, 6) is -0.0135. The average molecular weight is 269 g/mol. The summed E-state index contributed by atoms with van der Waals surface area (Å²) in [7, 11) is -3.32. The van der Waals surface area contributed by atoms with Gasteiger partial charge in [-0.25, -0.2) is 8.42 Å². The zero-order chi connectivity index (χ0) is 14.1. The van der Waals surface area contributed by atoms with Gasteiger partial charge >= 0.3 is 0 Å². The number of sulfone groups is 1. The van der Waals surface area contributed by atoms with Gasteiger partial charge in [-0.3, -0.25) is 0 Å². The summed E-state index contributed by atoms with van der Waals surface area (Å²) >= 11 is 0. The molecule has 0 aromatic heterocycles. The molecule has 1 unspecified atom stereocenters. The molecule has 2 N–H and O–H groups in total. The maximum Gasteiger partial charge on any atom is 0.180 e. The summed E-state index contributed by atoms with van der Waals surface area (Å²) in [5.41, 5.74) is 7.61. The van der Waals surface area contributed by atoms with Gasteiger partial charge in [0.2, 0.25) is 0 Å². The van der Waals surface area contributed by atoms with E-state index in [9.17, 15) is 8.42 Å². The first-order chi connectivity index (χ1) is 8.04. The van der Waals surface area contributed by atoms with Crippen LogP contribution in [0.4, 0.5) is 0 Å². The maximum atomic E-state index is 12.3. The van der Waals surface area contributed by atoms with Gasteiger partial charge in [0.1, 0.15) is 0 Å². The van der Waals surface area contributed by atoms with Crippen LogP contribution in [0, 0.1) is 19.3 Å². The van der Waals surface area contributed by atoms with E-state index in [1.807, 2.05) is 46.8 Å². The molecule has 4 heteroatoms. The molecule has 0 aliphatic carbocycles. The number of nitrogens with two attached hydrogens (primary N) is 1. The van der Waals surface area contributed by atoms with E-state index in [1.54, 1.807) is 6.07 Å². The van der Waals surface area contributed by atoms with Crippen molar-refractivity contribution < 1.29 is 8.42 Å². The highest BCUT2D eigenvalue weighted by molar-refractivity contribution is 7.91. The monoisotopic (exact) mass is 269 g/mol. The molecule has 0 fully saturated rings. The summed E-state index contributed by atoms with van der Waals surface area (Å²) in [6.07, 6.45) is 0. The summed E-state index contributed by atoms with van der Waals surface area (Å²) in [6.45, 7) is 9.63. The zero-order valence-corrected chi connectivity index (χ0v) is 12.6. The third-order valence-electron chi connectivity index (χ3n) is 3.18. The molecule has 0 bridgehead atoms. The largest absolute Gasteiger partial charge is 0.326 e. The van der Waals surface area contributed by atoms with Crippen LogP contribution in [-0.2, 0) is 9.84 Å². The molecule has 0 saturated heterocycles. The van der Waals surface area contributed by atoms with Gasteiger partial charge in [-0.1, -0.05) is 38.5 Å². The van der Waals surface area contributed by atoms with Crippen molar-refractivity contribution in [3.8, 4) is 0 Å². The smallest absolute Gasteiger partial charge is 0.180 e. The topological polar surface area (TPSA) is 60.2 Å². The first-order valence-corrected chi connectivity index (χ1v) is 7.75. The van der Waals surface area contributed by atoms with Gasteiger partial charge in [0, 0.05) is 6.04 Å². The quantitative estimate of drug-likeness (QED) is 0.917. The molecule has 102 valence electrons. The molecule has 0 amide bonds. The van der Waals surface area contributed by atoms with Gasteiger partial charge in [0.15, 0.2) is 9.84 Å². The normalized spacial score (nSPS) is 14.6. The predicted molar refractivity (Wildman–Crippen MR) is 75.4 cm³/mol. The molecular weight excluding hydrogens is 246 g/mol. The molecule has 0 spiro atoms. The second-order valence-corrected chi connectivity index (χ2v) is 8.03. The fourth-order valence-corrected chi connectivity index (χ4v) is 3.70. The first kappa shape index (κ1) is 15.2. The number of hydrogen-bond acceptors (Lipinski definition) is 3. The summed E-state index contributed by atoms with van der Waals surface area (Å²) < 4.78 is 24.7. The summed E-state index contributed by atoms with van der Waals surface area (Å²) in [5, 5.41) is 0. The summed E-state index contributed by atoms with van der Waals surface area (Å²) in [6, 6.07) is 5.01. The Hall–Kier alpha value is -0.870. The Bertz CT molecular complexity index is 527. The number of aryl methyl sites for hydroxylation is 2. The van der Waals surface area contributed by atoms with E-state index >= 15 is 0 Å². The minimum Gasteiger partial charge on any atom is -0.326 e. The number of benzene rings is 1. The standard InChI is InChI=1S/C14H23NO2S/c1-10-6-7-12(11(2)8-10)18(16,17)9-13(15)14(3,4)5/h6-8,13H,9,15H2,1-5H3. The fourth-order valence-electron chi connectivity index (χ4n) is 1.72. The average Bonchev–Trinajstić information content (AvgIpc) is 2.14. The Morgan fingerprint density at radius 2 is 1.78 bits per heavy atom. The minimum atomic E-state index is -3.32. The summed E-state index contributed by atoms with van der Waals surface area (Å²) in [4.78, 5) is 0.396. The van der Waals surface area contributed by atoms with E-state index in [2.05, 4.69) is 0 Å². The van der Waals surface area contributed by atoms with Crippen molar-refractivity contribution in [1.82, 2.24) is 0 Å². The van der Waals surface area contributed by atoms with E-state index in [4.69, 9.17) is 5.73 Å². The molecule has 3 nitrogen and oxygen atoms in total. The lowest BCUT2D eigenvalue weighted by molar-refractivity contribution is 0.340. The van der Waals surface area contributed by atoms with Crippen molar-refractivity contribution in [2.75, 3.05) is 5.75 Å². The van der Waals surface area contributed by atoms with Crippen LogP contribution in [0.15, 0.2) is 23.1 Å². The van der Waals surface area contributed by atoms with Crippen LogP contribution < -0.4 is 5.73 Å². The SMILES string of the molecule is Cc1ccc(S(=O)(=O)CC(N)C(C)(C)C)c(C)c1. The highest BCUT2D eigenvalue weighted by atomic mass is 32.2. The Kier molecular flexibility index (Phi) is 4.23. The molecule has 18 heavy (non-hydrogen) atoms. The Balaban J connectivity index is 3.08. The van der Waals surface area contributed by atoms with Crippen LogP contribution in [0.2, 0.25) is 0 Å². The lowest BCUT2D eigenvalue weighted by atomic mass is 9.89. The van der Waals surface area contributed by atoms with Crippen molar-refractivity contribution in [2.45, 2.75) is 45.6 Å². The van der Waals surface area contributed by atoms with Crippen LogP contribution in [-0.4, -0.2) is 20.2 Å². The van der Waals surface area contributed by atoms with Crippen molar-refractivity contribution >= 4 is 9.84 Å². The predicted octanol–water partition coefficient (Wildman–Crippen LogP) is 2.45. The van der Waals surface area contributed by atoms with Gasteiger partial charge in [-0.2, -0.15) is 0 Å². The van der Waals surface area contributed by atoms with E-state index in [0.29, 0.717) is 4.90 Å². The van der Waals surface area contributed by atoms with Crippen LogP contribution in [0.5, 0.6) is 0 Å².